The van der Waals surface area contributed by atoms with Gasteiger partial charge in [-0.15, -0.1) is 0 Å². The molecule has 1 unspecified atom stereocenters. The van der Waals surface area contributed by atoms with Crippen molar-refractivity contribution in [2.24, 2.45) is 10.5 Å². The van der Waals surface area contributed by atoms with E-state index in [9.17, 15) is 14.4 Å². The minimum absolute atomic E-state index is 0.0310. The zero-order valence-electron chi connectivity index (χ0n) is 17.9. The standard InChI is InChI=1S/C18H29Br2N3O7/c1-16(2,19)13(24)28-8-6-18(5,12-30-14(25)17(3,4)20)15(26)29-11-10-27-9-7-22-23-21/h6-12H2,1-5H3. The number of rotatable bonds is 14. The molecule has 0 aliphatic rings. The first-order valence-corrected chi connectivity index (χ1v) is 10.8. The number of carbonyl (C=O) groups is 3. The molecule has 0 saturated carbocycles. The summed E-state index contributed by atoms with van der Waals surface area (Å²) in [5.41, 5.74) is 6.95. The Morgan fingerprint density at radius 3 is 1.90 bits per heavy atom. The van der Waals surface area contributed by atoms with Crippen molar-refractivity contribution in [3.8, 4) is 0 Å². The molecule has 172 valence electrons. The molecule has 0 heterocycles. The van der Waals surface area contributed by atoms with Gasteiger partial charge in [-0.05, 0) is 40.1 Å². The number of ether oxygens (including phenoxy) is 4. The summed E-state index contributed by atoms with van der Waals surface area (Å²) in [6.45, 7) is 8.27. The molecule has 0 aromatic rings. The normalized spacial score (nSPS) is 13.6. The molecule has 10 nitrogen and oxygen atoms in total. The lowest BCUT2D eigenvalue weighted by atomic mass is 9.88. The van der Waals surface area contributed by atoms with Gasteiger partial charge in [0.15, 0.2) is 0 Å². The van der Waals surface area contributed by atoms with E-state index in [0.29, 0.717) is 0 Å². The van der Waals surface area contributed by atoms with Gasteiger partial charge in [-0.2, -0.15) is 0 Å². The van der Waals surface area contributed by atoms with Crippen LogP contribution in [0.4, 0.5) is 0 Å². The fourth-order valence-corrected chi connectivity index (χ4v) is 2.02. The van der Waals surface area contributed by atoms with Crippen LogP contribution in [0.5, 0.6) is 0 Å². The van der Waals surface area contributed by atoms with E-state index >= 15 is 0 Å². The number of nitrogens with zero attached hydrogens (tertiary/aromatic N) is 3. The van der Waals surface area contributed by atoms with Crippen LogP contribution >= 0.6 is 31.9 Å². The molecule has 0 bridgehead atoms. The highest BCUT2D eigenvalue weighted by Crippen LogP contribution is 2.27. The van der Waals surface area contributed by atoms with E-state index in [1.165, 1.54) is 0 Å². The van der Waals surface area contributed by atoms with Gasteiger partial charge in [-0.3, -0.25) is 14.4 Å². The molecule has 0 fully saturated rings. The molecular weight excluding hydrogens is 530 g/mol. The van der Waals surface area contributed by atoms with E-state index in [1.54, 1.807) is 34.6 Å². The van der Waals surface area contributed by atoms with Crippen LogP contribution in [-0.2, 0) is 33.3 Å². The molecule has 12 heteroatoms. The van der Waals surface area contributed by atoms with Gasteiger partial charge < -0.3 is 18.9 Å². The molecule has 0 aromatic carbocycles. The SMILES string of the molecule is CC(C)(Br)C(=O)OCCC(C)(COC(=O)C(C)(C)Br)C(=O)OCCOCCN=[N+]=[N-]. The molecule has 0 N–H and O–H groups in total. The number of alkyl halides is 2. The van der Waals surface area contributed by atoms with Crippen molar-refractivity contribution >= 4 is 49.8 Å². The summed E-state index contributed by atoms with van der Waals surface area (Å²) in [5, 5.41) is 3.32. The number of carbonyl (C=O) groups excluding carboxylic acids is 3. The predicted octanol–water partition coefficient (Wildman–Crippen LogP) is 3.69. The molecule has 0 amide bonds. The smallest absolute Gasteiger partial charge is 0.322 e. The van der Waals surface area contributed by atoms with Crippen molar-refractivity contribution in [2.45, 2.75) is 49.7 Å². The van der Waals surface area contributed by atoms with E-state index in [4.69, 9.17) is 24.5 Å². The van der Waals surface area contributed by atoms with Gasteiger partial charge in [0.2, 0.25) is 0 Å². The fourth-order valence-electron chi connectivity index (χ4n) is 1.79. The van der Waals surface area contributed by atoms with E-state index in [-0.39, 0.29) is 46.0 Å². The lowest BCUT2D eigenvalue weighted by Crippen LogP contribution is -2.40. The maximum Gasteiger partial charge on any atom is 0.322 e. The van der Waals surface area contributed by atoms with Gasteiger partial charge in [0, 0.05) is 17.9 Å². The highest BCUT2D eigenvalue weighted by molar-refractivity contribution is 9.10. The Bertz CT molecular complexity index is 641. The van der Waals surface area contributed by atoms with E-state index in [1.807, 2.05) is 0 Å². The summed E-state index contributed by atoms with van der Waals surface area (Å²) in [4.78, 5) is 39.2. The Morgan fingerprint density at radius 1 is 0.833 bits per heavy atom. The van der Waals surface area contributed by atoms with Crippen molar-refractivity contribution in [2.75, 3.05) is 39.6 Å². The van der Waals surface area contributed by atoms with Crippen LogP contribution in [-0.4, -0.2) is 66.1 Å². The Balaban J connectivity index is 4.86. The average Bonchev–Trinajstić information content (AvgIpc) is 2.63. The minimum Gasteiger partial charge on any atom is -0.465 e. The topological polar surface area (TPSA) is 137 Å². The number of halogens is 2. The van der Waals surface area contributed by atoms with Crippen LogP contribution in [0.3, 0.4) is 0 Å². The van der Waals surface area contributed by atoms with Crippen molar-refractivity contribution in [1.29, 1.82) is 0 Å². The lowest BCUT2D eigenvalue weighted by molar-refractivity contribution is -0.167. The third-order valence-electron chi connectivity index (χ3n) is 3.73. The maximum absolute atomic E-state index is 12.6. The average molecular weight is 559 g/mol. The molecule has 0 aliphatic carbocycles. The van der Waals surface area contributed by atoms with Crippen molar-refractivity contribution < 1.29 is 33.3 Å². The van der Waals surface area contributed by atoms with Gasteiger partial charge in [0.05, 0.1) is 19.8 Å². The first-order valence-electron chi connectivity index (χ1n) is 9.22. The molecule has 0 saturated heterocycles. The summed E-state index contributed by atoms with van der Waals surface area (Å²) < 4.78 is 19.1. The number of azide groups is 1. The zero-order valence-corrected chi connectivity index (χ0v) is 21.1. The third-order valence-corrected chi connectivity index (χ3v) is 4.38. The van der Waals surface area contributed by atoms with E-state index < -0.39 is 32.0 Å². The largest absolute Gasteiger partial charge is 0.465 e. The monoisotopic (exact) mass is 557 g/mol. The van der Waals surface area contributed by atoms with Crippen LogP contribution in [0.2, 0.25) is 0 Å². The highest BCUT2D eigenvalue weighted by atomic mass is 79.9. The molecule has 30 heavy (non-hydrogen) atoms. The van der Waals surface area contributed by atoms with Crippen molar-refractivity contribution in [3.63, 3.8) is 0 Å². The predicted molar refractivity (Wildman–Crippen MR) is 116 cm³/mol. The molecule has 0 radical (unpaired) electrons. The molecule has 1 atom stereocenters. The quantitative estimate of drug-likeness (QED) is 0.0602. The fraction of sp³-hybridized carbons (Fsp3) is 0.833. The zero-order chi connectivity index (χ0) is 23.4. The van der Waals surface area contributed by atoms with Crippen molar-refractivity contribution in [3.05, 3.63) is 10.4 Å². The summed E-state index contributed by atoms with van der Waals surface area (Å²) >= 11 is 6.42. The minimum atomic E-state index is -1.23. The summed E-state index contributed by atoms with van der Waals surface area (Å²) in [6.07, 6.45) is 0.0917. The number of hydrogen-bond donors (Lipinski definition) is 0. The Hall–Kier alpha value is -1.36. The molecule has 0 aliphatic heterocycles. The molecule has 0 rings (SSSR count). The second-order valence-corrected chi connectivity index (χ2v) is 11.6. The second-order valence-electron chi connectivity index (χ2n) is 7.67. The van der Waals surface area contributed by atoms with Gasteiger partial charge >= 0.3 is 17.9 Å². The van der Waals surface area contributed by atoms with Gasteiger partial charge in [-0.25, -0.2) is 0 Å². The summed E-state index contributed by atoms with van der Waals surface area (Å²) in [5.74, 6) is -1.64. The first-order chi connectivity index (χ1) is 13.7. The second kappa shape index (κ2) is 13.1. The Morgan fingerprint density at radius 2 is 1.37 bits per heavy atom. The van der Waals surface area contributed by atoms with Crippen molar-refractivity contribution in [1.82, 2.24) is 0 Å². The van der Waals surface area contributed by atoms with Crippen LogP contribution in [0.25, 0.3) is 10.4 Å². The maximum atomic E-state index is 12.6. The molecular formula is C18H29Br2N3O7. The molecule has 0 spiro atoms. The van der Waals surface area contributed by atoms with Crippen LogP contribution < -0.4 is 0 Å². The first kappa shape index (κ1) is 28.6. The van der Waals surface area contributed by atoms with Crippen LogP contribution in [0.1, 0.15) is 41.0 Å². The number of hydrogen-bond acceptors (Lipinski definition) is 8. The van der Waals surface area contributed by atoms with E-state index in [2.05, 4.69) is 41.9 Å². The number of esters is 3. The lowest BCUT2D eigenvalue weighted by Gasteiger charge is -2.28. The highest BCUT2D eigenvalue weighted by Gasteiger charge is 2.39. The molecule has 0 aromatic heterocycles. The van der Waals surface area contributed by atoms with Gasteiger partial charge in [-0.1, -0.05) is 37.0 Å². The Labute approximate surface area is 193 Å². The van der Waals surface area contributed by atoms with Gasteiger partial charge in [0.1, 0.15) is 27.3 Å². The van der Waals surface area contributed by atoms with Gasteiger partial charge in [0.25, 0.3) is 0 Å². The summed E-state index contributed by atoms with van der Waals surface area (Å²) in [6, 6.07) is 0. The van der Waals surface area contributed by atoms with Crippen LogP contribution in [0.15, 0.2) is 5.11 Å². The third kappa shape index (κ3) is 11.7. The van der Waals surface area contributed by atoms with Crippen LogP contribution in [0, 0.1) is 5.41 Å². The Kier molecular flexibility index (Phi) is 12.5. The summed E-state index contributed by atoms with van der Waals surface area (Å²) in [7, 11) is 0. The van der Waals surface area contributed by atoms with E-state index in [0.717, 1.165) is 0 Å².